The number of halogens is 5. The number of nitrogen functional groups attached to an aromatic ring is 1. The number of nitrogens with one attached hydrogen (secondary N) is 11. The van der Waals surface area contributed by atoms with Gasteiger partial charge in [-0.2, -0.15) is 0 Å². The minimum Gasteiger partial charge on any atom is -0.460 e. The van der Waals surface area contributed by atoms with Crippen LogP contribution < -0.4 is 27.8 Å². The van der Waals surface area contributed by atoms with Crippen LogP contribution in [0, 0.1) is 0 Å². The number of nitrogens with two attached hydrogens (primary N) is 3. The summed E-state index contributed by atoms with van der Waals surface area (Å²) < 4.78 is 10.4. The van der Waals surface area contributed by atoms with Crippen molar-refractivity contribution in [3.8, 4) is 45.6 Å². The van der Waals surface area contributed by atoms with Gasteiger partial charge in [0.1, 0.15) is 28.9 Å². The van der Waals surface area contributed by atoms with E-state index in [-0.39, 0.29) is 18.9 Å². The molecule has 9 aromatic heterocycles. The standard InChI is InChI=1S/C32H19Br2N5.C31H28BrN5O3.C25H18BrN5O.C23H15BrN4/c33-18-5-9-28-24(11-18)17(15-36-28)14-35-20-7-8-22-21-3-1-2-4-23(21)30-31(26(22)13-20)39-32(38-30)27-16-37-29-10-6-19(34)12-25(27)29;1-31(2,3)40-26(38)14-24(33)30(39)35-17-9-10-19-18-6-4-5-7-20(18)27-28(22(19)13-17)37-29(36-27)23-15-34-25-11-8-16(32)12-21(23)25;26-13-5-8-21-18(9-13)20(12-28-21)25-30-23-17-4-2-1-3-15(17)16-7-6-14(29-22(32)11-27)10-19(16)24(23)31-25;24-12-5-8-20-18(9-12)19(11-26-20)23-27-21-15-4-2-1-3-14(15)17-10-13(25)6-7-16(17)22(21)28-23/h1-16,36-37H,(H,38,39);4-13,15,24,34H,14,33H2,1-3H3,(H,35,39)(H,36,37);1-10,12,28H,11,27H2,(H,29,32)(H,30,31);1-11,26H,25H2,(H,27,28)/t;24-;;/m.0../s1. The number of carbonyl (C=O) groups excluding carboxylic acids is 3. The third-order valence-electron chi connectivity index (χ3n) is 25.4. The maximum atomic E-state index is 12.9. The average Bonchev–Trinajstić information content (AvgIpc) is 1.62. The number of aromatic amines is 9. The van der Waals surface area contributed by atoms with Gasteiger partial charge in [0.15, 0.2) is 0 Å². The molecule has 2 amide bonds. The molecule has 1 atom stereocenters. The van der Waals surface area contributed by atoms with E-state index in [0.717, 1.165) is 259 Å². The molecule has 0 bridgehead atoms. The van der Waals surface area contributed by atoms with Gasteiger partial charge in [-0.05, 0) is 203 Å². The lowest BCUT2D eigenvalue weighted by Gasteiger charge is -2.20. The van der Waals surface area contributed by atoms with E-state index in [1.807, 2.05) is 152 Å². The van der Waals surface area contributed by atoms with E-state index in [9.17, 15) is 14.4 Å². The fourth-order valence-corrected chi connectivity index (χ4v) is 20.9. The van der Waals surface area contributed by atoms with Crippen LogP contribution in [-0.2, 0) is 19.1 Å². The van der Waals surface area contributed by atoms with Gasteiger partial charge in [-0.25, -0.2) is 19.9 Å². The minimum absolute atomic E-state index is 0.0617. The highest BCUT2D eigenvalue weighted by molar-refractivity contribution is 9.11. The van der Waals surface area contributed by atoms with Crippen molar-refractivity contribution in [3.63, 3.8) is 0 Å². The van der Waals surface area contributed by atoms with Gasteiger partial charge >= 0.3 is 5.97 Å². The Morgan fingerprint density at radius 2 is 0.705 bits per heavy atom. The SMILES string of the molecule is Brc1ccc2[nH]cc(C=Nc3ccc4c5ccccc5c5nc(-c6c[nH]c7ccc(Br)cc67)[nH]c5c4c3)c2c1.CC(C)(C)OC(=O)C[C@H](N)C(=O)Nc1ccc2c3ccccc3c3[nH]c(-c4c[nH]c5ccc(Br)cc45)nc3c2c1.NCC(=O)Nc1ccc2c3ccccc3c3[nH]c(-c4c[nH]c5ccc(Br)cc45)nc3c2c1.Nc1ccc2c(c1)c1ccccc1c1nc(-c3c[nH]c4ccc(Br)cc34)[nH]c21. The number of benzene rings is 17. The fraction of sp³-hybridized carbons (Fsp3) is 0.0631. The van der Waals surface area contributed by atoms with E-state index < -0.39 is 23.5 Å². The van der Waals surface area contributed by atoms with Gasteiger partial charge in [0.2, 0.25) is 11.8 Å². The van der Waals surface area contributed by atoms with Crippen molar-refractivity contribution in [2.24, 2.45) is 16.5 Å². The lowest BCUT2D eigenvalue weighted by atomic mass is 9.99. The zero-order valence-corrected chi connectivity index (χ0v) is 82.2. The second-order valence-electron chi connectivity index (χ2n) is 35.4. The van der Waals surface area contributed by atoms with E-state index in [2.05, 4.69) is 281 Å². The van der Waals surface area contributed by atoms with Crippen LogP contribution in [0.5, 0.6) is 0 Å². The molecule has 23 nitrogen and oxygen atoms in total. The largest absolute Gasteiger partial charge is 0.460 e. The number of hydrogen-bond acceptors (Lipinski definition) is 12. The predicted molar refractivity (Wildman–Crippen MR) is 587 cm³/mol. The summed E-state index contributed by atoms with van der Waals surface area (Å²) in [5.41, 5.74) is 37.8. The van der Waals surface area contributed by atoms with Gasteiger partial charge in [-0.15, -0.1) is 0 Å². The van der Waals surface area contributed by atoms with Crippen LogP contribution in [0.4, 0.5) is 22.7 Å². The second kappa shape index (κ2) is 35.3. The van der Waals surface area contributed by atoms with Crippen molar-refractivity contribution in [2.45, 2.75) is 38.8 Å². The first kappa shape index (κ1) is 87.6. The van der Waals surface area contributed by atoms with Crippen molar-refractivity contribution in [1.82, 2.24) is 64.8 Å². The first-order chi connectivity index (χ1) is 67.5. The highest BCUT2D eigenvalue weighted by Crippen LogP contribution is 2.46. The third kappa shape index (κ3) is 16.3. The lowest BCUT2D eigenvalue weighted by molar-refractivity contribution is -0.156. The van der Waals surface area contributed by atoms with Crippen molar-refractivity contribution >= 4 is 311 Å². The number of carbonyl (C=O) groups is 3. The van der Waals surface area contributed by atoms with Gasteiger partial charge in [0, 0.05) is 202 Å². The first-order valence-electron chi connectivity index (χ1n) is 44.8. The number of esters is 1. The molecule has 0 aliphatic carbocycles. The summed E-state index contributed by atoms with van der Waals surface area (Å²) in [4.78, 5) is 93.0. The van der Waals surface area contributed by atoms with Crippen LogP contribution in [0.1, 0.15) is 32.8 Å². The Morgan fingerprint density at radius 1 is 0.367 bits per heavy atom. The number of aliphatic imine (C=N–C) groups is 1. The Labute approximate surface area is 831 Å². The third-order valence-corrected chi connectivity index (χ3v) is 27.8. The number of anilines is 3. The molecule has 0 unspecified atom stereocenters. The Balaban J connectivity index is 0.000000104. The quantitative estimate of drug-likeness (QED) is 0.0236. The molecule has 678 valence electrons. The molecule has 0 saturated heterocycles. The van der Waals surface area contributed by atoms with Crippen molar-refractivity contribution < 1.29 is 19.1 Å². The first-order valence-corrected chi connectivity index (χ1v) is 48.8. The van der Waals surface area contributed by atoms with Gasteiger partial charge in [0.25, 0.3) is 0 Å². The minimum atomic E-state index is -1.04. The normalized spacial score (nSPS) is 12.2. The summed E-state index contributed by atoms with van der Waals surface area (Å²) in [6.45, 7) is 5.25. The molecular formula is C111H80Br5N19O4. The predicted octanol–water partition coefficient (Wildman–Crippen LogP) is 28.6. The number of hydrogen-bond donors (Lipinski definition) is 14. The monoisotopic (exact) mass is 2140 g/mol. The van der Waals surface area contributed by atoms with E-state index in [1.165, 1.54) is 10.8 Å². The summed E-state index contributed by atoms with van der Waals surface area (Å²) in [6.07, 6.45) is 11.7. The molecule has 26 aromatic rings. The molecule has 0 radical (unpaired) electrons. The van der Waals surface area contributed by atoms with E-state index in [0.29, 0.717) is 11.4 Å². The topological polar surface area (TPSA) is 369 Å². The Bertz CT molecular complexity index is 9620. The van der Waals surface area contributed by atoms with Crippen molar-refractivity contribution in [2.75, 3.05) is 22.9 Å². The number of amides is 2. The number of rotatable bonds is 12. The highest BCUT2D eigenvalue weighted by Gasteiger charge is 2.27. The molecule has 26 rings (SSSR count). The Hall–Kier alpha value is -15.4. The summed E-state index contributed by atoms with van der Waals surface area (Å²) in [5.74, 6) is 2.02. The van der Waals surface area contributed by atoms with E-state index in [4.69, 9.17) is 46.9 Å². The number of ether oxygens (including phenoxy) is 1. The summed E-state index contributed by atoms with van der Waals surface area (Å²) in [7, 11) is 0. The smallest absolute Gasteiger partial charge is 0.308 e. The summed E-state index contributed by atoms with van der Waals surface area (Å²) in [6, 6.07) is 87.2. The number of fused-ring (bicyclic) bond motifs is 29. The zero-order valence-electron chi connectivity index (χ0n) is 74.3. The van der Waals surface area contributed by atoms with Crippen molar-refractivity contribution in [3.05, 3.63) is 320 Å². The van der Waals surface area contributed by atoms with Crippen LogP contribution in [0.2, 0.25) is 0 Å². The number of imidazole rings is 4. The zero-order chi connectivity index (χ0) is 94.9. The van der Waals surface area contributed by atoms with E-state index >= 15 is 0 Å². The number of aromatic nitrogens is 13. The summed E-state index contributed by atoms with van der Waals surface area (Å²) >= 11 is 17.9. The van der Waals surface area contributed by atoms with Gasteiger partial charge in [0.05, 0.1) is 68.8 Å². The molecule has 0 aliphatic heterocycles. The molecule has 0 saturated carbocycles. The van der Waals surface area contributed by atoms with Crippen LogP contribution in [-0.4, -0.2) is 107 Å². The van der Waals surface area contributed by atoms with Gasteiger partial charge in [-0.3, -0.25) is 19.4 Å². The second-order valence-corrected chi connectivity index (χ2v) is 40.0. The molecule has 0 fully saturated rings. The highest BCUT2D eigenvalue weighted by atomic mass is 79.9. The van der Waals surface area contributed by atoms with Crippen LogP contribution in [0.3, 0.4) is 0 Å². The average molecular weight is 2140 g/mol. The van der Waals surface area contributed by atoms with Gasteiger partial charge < -0.3 is 77.4 Å². The molecule has 17 N–H and O–H groups in total. The Kier molecular flexibility index (Phi) is 22.3. The molecule has 28 heteroatoms. The maximum absolute atomic E-state index is 12.9. The molecule has 0 aliphatic rings. The van der Waals surface area contributed by atoms with E-state index in [1.54, 1.807) is 20.8 Å². The number of H-pyrrole nitrogens is 9. The fourth-order valence-electron chi connectivity index (χ4n) is 19.1. The van der Waals surface area contributed by atoms with Crippen LogP contribution in [0.25, 0.3) is 230 Å². The van der Waals surface area contributed by atoms with Crippen molar-refractivity contribution in [1.29, 1.82) is 0 Å². The molecule has 9 heterocycles. The Morgan fingerprint density at radius 3 is 1.14 bits per heavy atom. The maximum Gasteiger partial charge on any atom is 0.308 e. The molecule has 17 aromatic carbocycles. The van der Waals surface area contributed by atoms with Gasteiger partial charge in [-0.1, -0.05) is 201 Å². The van der Waals surface area contributed by atoms with Crippen LogP contribution in [0.15, 0.2) is 319 Å². The molecular weight excluding hydrogens is 2060 g/mol. The molecule has 139 heavy (non-hydrogen) atoms. The van der Waals surface area contributed by atoms with Crippen LogP contribution >= 0.6 is 79.6 Å². The number of nitrogens with zero attached hydrogens (tertiary/aromatic N) is 5. The molecule has 0 spiro atoms. The lowest BCUT2D eigenvalue weighted by Crippen LogP contribution is -2.39. The summed E-state index contributed by atoms with van der Waals surface area (Å²) in [5, 5.41) is 28.7.